The highest BCUT2D eigenvalue weighted by Crippen LogP contribution is 2.54. The van der Waals surface area contributed by atoms with Crippen LogP contribution >= 0.6 is 0 Å². The summed E-state index contributed by atoms with van der Waals surface area (Å²) >= 11 is 0. The Bertz CT molecular complexity index is 322. The molecule has 0 unspecified atom stereocenters. The van der Waals surface area contributed by atoms with Gasteiger partial charge in [-0.3, -0.25) is 4.79 Å². The lowest BCUT2D eigenvalue weighted by molar-refractivity contribution is -0.141. The number of carboxylic acids is 1. The minimum Gasteiger partial charge on any atom is -0.481 e. The molecule has 1 saturated carbocycles. The lowest BCUT2D eigenvalue weighted by Gasteiger charge is -2.49. The van der Waals surface area contributed by atoms with Gasteiger partial charge in [0.15, 0.2) is 0 Å². The predicted octanol–water partition coefficient (Wildman–Crippen LogP) is 4.26. The fourth-order valence-electron chi connectivity index (χ4n) is 2.99. The van der Waals surface area contributed by atoms with Crippen molar-refractivity contribution >= 4 is 5.97 Å². The van der Waals surface area contributed by atoms with Crippen molar-refractivity contribution in [2.75, 3.05) is 0 Å². The first-order valence-electron chi connectivity index (χ1n) is 6.66. The van der Waals surface area contributed by atoms with Crippen molar-refractivity contribution in [3.05, 3.63) is 11.1 Å². The monoisotopic (exact) mass is 238 g/mol. The van der Waals surface area contributed by atoms with Crippen LogP contribution in [-0.2, 0) is 4.79 Å². The van der Waals surface area contributed by atoms with E-state index in [1.807, 2.05) is 0 Å². The molecule has 0 aliphatic heterocycles. The fourth-order valence-corrected chi connectivity index (χ4v) is 2.99. The quantitative estimate of drug-likeness (QED) is 0.727. The molecule has 0 radical (unpaired) electrons. The SMILES string of the molecule is CC(C)=C1C[C@@H](CCC[C@@H](C)C(=O)O)C1(C)C. The summed E-state index contributed by atoms with van der Waals surface area (Å²) < 4.78 is 0. The maximum absolute atomic E-state index is 10.7. The summed E-state index contributed by atoms with van der Waals surface area (Å²) in [6.07, 6.45) is 4.24. The van der Waals surface area contributed by atoms with Crippen LogP contribution in [0.4, 0.5) is 0 Å². The third-order valence-corrected chi connectivity index (χ3v) is 4.46. The van der Waals surface area contributed by atoms with Gasteiger partial charge in [0.1, 0.15) is 0 Å². The molecule has 0 heterocycles. The zero-order valence-corrected chi connectivity index (χ0v) is 11.8. The maximum atomic E-state index is 10.7. The van der Waals surface area contributed by atoms with Gasteiger partial charge in [-0.05, 0) is 44.4 Å². The van der Waals surface area contributed by atoms with Crippen LogP contribution in [0.15, 0.2) is 11.1 Å². The van der Waals surface area contributed by atoms with Crippen LogP contribution in [0.3, 0.4) is 0 Å². The molecule has 0 amide bonds. The molecule has 0 saturated heterocycles. The summed E-state index contributed by atoms with van der Waals surface area (Å²) in [7, 11) is 0. The van der Waals surface area contributed by atoms with Crippen LogP contribution in [0.2, 0.25) is 0 Å². The third-order valence-electron chi connectivity index (χ3n) is 4.46. The largest absolute Gasteiger partial charge is 0.481 e. The first-order chi connectivity index (χ1) is 7.76. The summed E-state index contributed by atoms with van der Waals surface area (Å²) in [6, 6.07) is 0. The zero-order chi connectivity index (χ0) is 13.2. The average Bonchev–Trinajstić information content (AvgIpc) is 2.20. The van der Waals surface area contributed by atoms with E-state index in [0.717, 1.165) is 18.8 Å². The molecule has 0 bridgehead atoms. The Morgan fingerprint density at radius 2 is 2.06 bits per heavy atom. The summed E-state index contributed by atoms with van der Waals surface area (Å²) in [4.78, 5) is 10.7. The van der Waals surface area contributed by atoms with Crippen LogP contribution in [0.25, 0.3) is 0 Å². The van der Waals surface area contributed by atoms with Crippen molar-refractivity contribution in [2.45, 2.75) is 60.3 Å². The van der Waals surface area contributed by atoms with Gasteiger partial charge in [-0.15, -0.1) is 0 Å². The highest BCUT2D eigenvalue weighted by Gasteiger charge is 2.42. The lowest BCUT2D eigenvalue weighted by atomic mass is 9.56. The molecule has 17 heavy (non-hydrogen) atoms. The Morgan fingerprint density at radius 3 is 2.47 bits per heavy atom. The second-order valence-corrected chi connectivity index (χ2v) is 6.27. The van der Waals surface area contributed by atoms with Crippen LogP contribution < -0.4 is 0 Å². The topological polar surface area (TPSA) is 37.3 Å². The minimum atomic E-state index is -0.664. The summed E-state index contributed by atoms with van der Waals surface area (Å²) in [6.45, 7) is 10.8. The molecular formula is C15H26O2. The van der Waals surface area contributed by atoms with E-state index in [-0.39, 0.29) is 5.92 Å². The number of carbonyl (C=O) groups is 1. The summed E-state index contributed by atoms with van der Waals surface area (Å²) in [5.74, 6) is -0.114. The van der Waals surface area contributed by atoms with Crippen LogP contribution in [0, 0.1) is 17.3 Å². The van der Waals surface area contributed by atoms with E-state index in [0.29, 0.717) is 5.41 Å². The number of allylic oxidation sites excluding steroid dienone is 2. The van der Waals surface area contributed by atoms with Gasteiger partial charge in [0, 0.05) is 0 Å². The molecule has 2 heteroatoms. The second kappa shape index (κ2) is 5.24. The Morgan fingerprint density at radius 1 is 1.47 bits per heavy atom. The van der Waals surface area contributed by atoms with E-state index in [9.17, 15) is 4.79 Å². The van der Waals surface area contributed by atoms with Gasteiger partial charge in [0.25, 0.3) is 0 Å². The third kappa shape index (κ3) is 3.11. The molecule has 1 fully saturated rings. The Kier molecular flexibility index (Phi) is 4.40. The zero-order valence-electron chi connectivity index (χ0n) is 11.8. The second-order valence-electron chi connectivity index (χ2n) is 6.27. The first kappa shape index (κ1) is 14.3. The molecule has 2 nitrogen and oxygen atoms in total. The molecule has 1 aliphatic rings. The first-order valence-corrected chi connectivity index (χ1v) is 6.66. The number of hydrogen-bond donors (Lipinski definition) is 1. The van der Waals surface area contributed by atoms with E-state index < -0.39 is 5.97 Å². The molecular weight excluding hydrogens is 212 g/mol. The van der Waals surface area contributed by atoms with Crippen LogP contribution in [-0.4, -0.2) is 11.1 Å². The van der Waals surface area contributed by atoms with E-state index in [1.54, 1.807) is 12.5 Å². The standard InChI is InChI=1S/C15H26O2/c1-10(2)13-9-12(15(13,4)5)8-6-7-11(3)14(16)17/h11-12H,6-9H2,1-5H3,(H,16,17)/t11-,12-/m1/s1. The van der Waals surface area contributed by atoms with Gasteiger partial charge in [-0.2, -0.15) is 0 Å². The van der Waals surface area contributed by atoms with E-state index in [2.05, 4.69) is 27.7 Å². The van der Waals surface area contributed by atoms with Crippen molar-refractivity contribution in [3.8, 4) is 0 Å². The van der Waals surface area contributed by atoms with Gasteiger partial charge in [0.05, 0.1) is 5.92 Å². The van der Waals surface area contributed by atoms with Crippen molar-refractivity contribution < 1.29 is 9.90 Å². The van der Waals surface area contributed by atoms with E-state index in [1.165, 1.54) is 18.4 Å². The number of aliphatic carboxylic acids is 1. The Hall–Kier alpha value is -0.790. The van der Waals surface area contributed by atoms with Gasteiger partial charge < -0.3 is 5.11 Å². The lowest BCUT2D eigenvalue weighted by Crippen LogP contribution is -2.38. The highest BCUT2D eigenvalue weighted by molar-refractivity contribution is 5.69. The fraction of sp³-hybridized carbons (Fsp3) is 0.800. The molecule has 0 aromatic heterocycles. The van der Waals surface area contributed by atoms with Crippen molar-refractivity contribution in [1.29, 1.82) is 0 Å². The highest BCUT2D eigenvalue weighted by atomic mass is 16.4. The van der Waals surface area contributed by atoms with Crippen molar-refractivity contribution in [3.63, 3.8) is 0 Å². The normalized spacial score (nSPS) is 24.1. The van der Waals surface area contributed by atoms with Gasteiger partial charge in [0.2, 0.25) is 0 Å². The van der Waals surface area contributed by atoms with Gasteiger partial charge in [-0.1, -0.05) is 38.3 Å². The molecule has 2 atom stereocenters. The predicted molar refractivity (Wildman–Crippen MR) is 70.9 cm³/mol. The Labute approximate surface area is 105 Å². The smallest absolute Gasteiger partial charge is 0.306 e. The minimum absolute atomic E-state index is 0.193. The molecule has 1 rings (SSSR count). The number of rotatable bonds is 5. The number of carboxylic acid groups (broad SMARTS) is 1. The molecule has 98 valence electrons. The summed E-state index contributed by atoms with van der Waals surface area (Å²) in [5.41, 5.74) is 3.41. The van der Waals surface area contributed by atoms with Crippen LogP contribution in [0.1, 0.15) is 60.3 Å². The van der Waals surface area contributed by atoms with E-state index >= 15 is 0 Å². The molecule has 1 N–H and O–H groups in total. The number of hydrogen-bond acceptors (Lipinski definition) is 1. The van der Waals surface area contributed by atoms with E-state index in [4.69, 9.17) is 5.11 Å². The van der Waals surface area contributed by atoms with Gasteiger partial charge >= 0.3 is 5.97 Å². The molecule has 0 aromatic carbocycles. The van der Waals surface area contributed by atoms with Crippen LogP contribution in [0.5, 0.6) is 0 Å². The molecule has 0 aromatic rings. The Balaban J connectivity index is 2.37. The molecule has 0 spiro atoms. The average molecular weight is 238 g/mol. The van der Waals surface area contributed by atoms with Crippen molar-refractivity contribution in [1.82, 2.24) is 0 Å². The summed E-state index contributed by atoms with van der Waals surface area (Å²) in [5, 5.41) is 8.83. The molecule has 1 aliphatic carbocycles. The van der Waals surface area contributed by atoms with Gasteiger partial charge in [-0.25, -0.2) is 0 Å². The maximum Gasteiger partial charge on any atom is 0.306 e. The van der Waals surface area contributed by atoms with Crippen molar-refractivity contribution in [2.24, 2.45) is 17.3 Å².